The number of nitrogens with one attached hydrogen (secondary N) is 1. The third-order valence-corrected chi connectivity index (χ3v) is 4.36. The number of anilines is 3. The van der Waals surface area contributed by atoms with Crippen molar-refractivity contribution in [1.29, 1.82) is 0 Å². The Balaban J connectivity index is 1.39. The maximum absolute atomic E-state index is 5.76. The van der Waals surface area contributed by atoms with Gasteiger partial charge in [-0.15, -0.1) is 10.2 Å². The highest BCUT2D eigenvalue weighted by atomic mass is 16.7. The maximum atomic E-state index is 5.76. The smallest absolute Gasteiger partial charge is 0.171 e. The van der Waals surface area contributed by atoms with Crippen LogP contribution < -0.4 is 10.2 Å². The minimum atomic E-state index is -0.348. The molecule has 6 nitrogen and oxygen atoms in total. The van der Waals surface area contributed by atoms with Gasteiger partial charge in [-0.25, -0.2) is 0 Å². The SMILES string of the molecule is c1ccc(Nc2ccc(N3CCC4(CC3)OCCO4)nn2)cc1. The van der Waals surface area contributed by atoms with Crippen molar-refractivity contribution in [2.75, 3.05) is 36.5 Å². The van der Waals surface area contributed by atoms with Crippen LogP contribution in [0.15, 0.2) is 42.5 Å². The normalized spacial score (nSPS) is 19.9. The maximum Gasteiger partial charge on any atom is 0.171 e. The first-order chi connectivity index (χ1) is 11.3. The molecule has 1 N–H and O–H groups in total. The van der Waals surface area contributed by atoms with Crippen molar-refractivity contribution in [3.63, 3.8) is 0 Å². The average Bonchev–Trinajstić information content (AvgIpc) is 3.06. The summed E-state index contributed by atoms with van der Waals surface area (Å²) < 4.78 is 11.5. The van der Waals surface area contributed by atoms with Gasteiger partial charge in [0.1, 0.15) is 0 Å². The average molecular weight is 312 g/mol. The summed E-state index contributed by atoms with van der Waals surface area (Å²) >= 11 is 0. The van der Waals surface area contributed by atoms with Crippen molar-refractivity contribution in [3.05, 3.63) is 42.5 Å². The number of hydrogen-bond donors (Lipinski definition) is 1. The molecule has 1 aromatic heterocycles. The molecule has 2 aliphatic rings. The molecule has 0 radical (unpaired) electrons. The van der Waals surface area contributed by atoms with Gasteiger partial charge in [-0.2, -0.15) is 0 Å². The predicted molar refractivity (Wildman–Crippen MR) is 87.8 cm³/mol. The number of para-hydroxylation sites is 1. The van der Waals surface area contributed by atoms with E-state index in [-0.39, 0.29) is 5.79 Å². The molecule has 2 fully saturated rings. The van der Waals surface area contributed by atoms with E-state index < -0.39 is 0 Å². The van der Waals surface area contributed by atoms with Crippen LogP contribution in [0.5, 0.6) is 0 Å². The molecule has 6 heteroatoms. The Morgan fingerprint density at radius 3 is 2.30 bits per heavy atom. The van der Waals surface area contributed by atoms with Gasteiger partial charge in [0.25, 0.3) is 0 Å². The van der Waals surface area contributed by atoms with E-state index in [1.54, 1.807) is 0 Å². The van der Waals surface area contributed by atoms with Crippen LogP contribution in [0.1, 0.15) is 12.8 Å². The zero-order valence-electron chi connectivity index (χ0n) is 12.9. The summed E-state index contributed by atoms with van der Waals surface area (Å²) in [6, 6.07) is 13.9. The van der Waals surface area contributed by atoms with Crippen molar-refractivity contribution in [2.24, 2.45) is 0 Å². The van der Waals surface area contributed by atoms with Gasteiger partial charge in [0, 0.05) is 31.6 Å². The zero-order valence-corrected chi connectivity index (χ0v) is 12.9. The highest BCUT2D eigenvalue weighted by Crippen LogP contribution is 2.32. The molecule has 0 aliphatic carbocycles. The lowest BCUT2D eigenvalue weighted by atomic mass is 10.0. The number of nitrogens with zero attached hydrogens (tertiary/aromatic N) is 3. The zero-order chi connectivity index (χ0) is 15.5. The van der Waals surface area contributed by atoms with Gasteiger partial charge in [0.2, 0.25) is 0 Å². The largest absolute Gasteiger partial charge is 0.355 e. The monoisotopic (exact) mass is 312 g/mol. The number of benzene rings is 1. The van der Waals surface area contributed by atoms with Crippen LogP contribution in [-0.4, -0.2) is 42.3 Å². The Kier molecular flexibility index (Phi) is 3.85. The van der Waals surface area contributed by atoms with E-state index in [4.69, 9.17) is 9.47 Å². The number of rotatable bonds is 3. The predicted octanol–water partition coefficient (Wildman–Crippen LogP) is 2.56. The van der Waals surface area contributed by atoms with E-state index in [0.717, 1.165) is 43.3 Å². The van der Waals surface area contributed by atoms with Gasteiger partial charge in [-0.05, 0) is 24.3 Å². The van der Waals surface area contributed by atoms with Crippen LogP contribution in [0, 0.1) is 0 Å². The molecule has 120 valence electrons. The third kappa shape index (κ3) is 3.13. The third-order valence-electron chi connectivity index (χ3n) is 4.36. The Morgan fingerprint density at radius 2 is 1.65 bits per heavy atom. The molecule has 1 aromatic carbocycles. The Labute approximate surface area is 135 Å². The summed E-state index contributed by atoms with van der Waals surface area (Å²) in [7, 11) is 0. The van der Waals surface area contributed by atoms with Gasteiger partial charge >= 0.3 is 0 Å². The van der Waals surface area contributed by atoms with Crippen LogP contribution in [0.4, 0.5) is 17.3 Å². The molecule has 4 rings (SSSR count). The van der Waals surface area contributed by atoms with E-state index in [0.29, 0.717) is 13.2 Å². The number of hydrogen-bond acceptors (Lipinski definition) is 6. The van der Waals surface area contributed by atoms with Crippen molar-refractivity contribution in [1.82, 2.24) is 10.2 Å². The number of ether oxygens (including phenoxy) is 2. The van der Waals surface area contributed by atoms with Gasteiger partial charge < -0.3 is 19.7 Å². The lowest BCUT2D eigenvalue weighted by molar-refractivity contribution is -0.169. The minimum absolute atomic E-state index is 0.348. The summed E-state index contributed by atoms with van der Waals surface area (Å²) in [5, 5.41) is 11.9. The Morgan fingerprint density at radius 1 is 0.913 bits per heavy atom. The molecule has 2 aromatic rings. The van der Waals surface area contributed by atoms with Crippen LogP contribution in [0.3, 0.4) is 0 Å². The van der Waals surface area contributed by atoms with Crippen molar-refractivity contribution in [3.8, 4) is 0 Å². The molecule has 0 unspecified atom stereocenters. The van der Waals surface area contributed by atoms with E-state index in [9.17, 15) is 0 Å². The molecule has 0 bridgehead atoms. The fourth-order valence-electron chi connectivity index (χ4n) is 3.09. The number of piperidine rings is 1. The summed E-state index contributed by atoms with van der Waals surface area (Å²) in [6.07, 6.45) is 1.75. The fraction of sp³-hybridized carbons (Fsp3) is 0.412. The molecule has 2 aliphatic heterocycles. The first-order valence-corrected chi connectivity index (χ1v) is 8.02. The first-order valence-electron chi connectivity index (χ1n) is 8.02. The van der Waals surface area contributed by atoms with Gasteiger partial charge in [-0.3, -0.25) is 0 Å². The Hall–Kier alpha value is -2.18. The number of aromatic nitrogens is 2. The Bertz CT molecular complexity index is 631. The topological polar surface area (TPSA) is 59.5 Å². The first kappa shape index (κ1) is 14.4. The van der Waals surface area contributed by atoms with Crippen LogP contribution in [0.2, 0.25) is 0 Å². The van der Waals surface area contributed by atoms with Crippen LogP contribution >= 0.6 is 0 Å². The highest BCUT2D eigenvalue weighted by Gasteiger charge is 2.40. The molecule has 0 atom stereocenters. The molecule has 1 spiro atoms. The quantitative estimate of drug-likeness (QED) is 0.940. The van der Waals surface area contributed by atoms with E-state index in [1.807, 2.05) is 42.5 Å². The van der Waals surface area contributed by atoms with E-state index in [1.165, 1.54) is 0 Å². The minimum Gasteiger partial charge on any atom is -0.355 e. The standard InChI is InChI=1S/C17H20N4O2/c1-2-4-14(5-3-1)18-15-6-7-16(20-19-15)21-10-8-17(9-11-21)22-12-13-23-17/h1-7H,8-13H2,(H,18,19). The molecule has 3 heterocycles. The van der Waals surface area contributed by atoms with Gasteiger partial charge in [0.05, 0.1) is 13.2 Å². The molecule has 0 saturated carbocycles. The van der Waals surface area contributed by atoms with Crippen LogP contribution in [-0.2, 0) is 9.47 Å². The summed E-state index contributed by atoms with van der Waals surface area (Å²) in [5.74, 6) is 1.30. The summed E-state index contributed by atoms with van der Waals surface area (Å²) in [6.45, 7) is 3.17. The molecule has 2 saturated heterocycles. The highest BCUT2D eigenvalue weighted by molar-refractivity contribution is 5.56. The van der Waals surface area contributed by atoms with E-state index in [2.05, 4.69) is 20.4 Å². The molecular formula is C17H20N4O2. The lowest BCUT2D eigenvalue weighted by Gasteiger charge is -2.37. The fourth-order valence-corrected chi connectivity index (χ4v) is 3.09. The molecule has 0 amide bonds. The summed E-state index contributed by atoms with van der Waals surface area (Å²) in [4.78, 5) is 2.23. The van der Waals surface area contributed by atoms with Crippen molar-refractivity contribution in [2.45, 2.75) is 18.6 Å². The van der Waals surface area contributed by atoms with E-state index >= 15 is 0 Å². The lowest BCUT2D eigenvalue weighted by Crippen LogP contribution is -2.45. The van der Waals surface area contributed by atoms with Crippen LogP contribution in [0.25, 0.3) is 0 Å². The van der Waals surface area contributed by atoms with Crippen molar-refractivity contribution >= 4 is 17.3 Å². The summed E-state index contributed by atoms with van der Waals surface area (Å²) in [5.41, 5.74) is 1.00. The second-order valence-electron chi connectivity index (χ2n) is 5.86. The molecule has 23 heavy (non-hydrogen) atoms. The molecular weight excluding hydrogens is 292 g/mol. The van der Waals surface area contributed by atoms with Gasteiger partial charge in [-0.1, -0.05) is 18.2 Å². The van der Waals surface area contributed by atoms with Gasteiger partial charge in [0.15, 0.2) is 17.4 Å². The second kappa shape index (κ2) is 6.14. The second-order valence-corrected chi connectivity index (χ2v) is 5.86. The van der Waals surface area contributed by atoms with Crippen molar-refractivity contribution < 1.29 is 9.47 Å².